The van der Waals surface area contributed by atoms with Gasteiger partial charge in [-0.1, -0.05) is 125 Å². The Labute approximate surface area is 480 Å². The SMILES string of the molecule is Cc1ncsc1-c1ccc(C(C)NC(=O)C2CC(O)CN2C(=O)C(NC(=O)CCCCCCCCN2CCN(C(=O)CCCCCC3(CN)CCN(c4cnc(Sc5cccc(Cl)c5Cl)c(N)n4)CC3)CC2)C(C)(C)C)cc1. The number of aromatic nitrogens is 3. The third-order valence-corrected chi connectivity index (χ3v) is 18.9. The zero-order valence-corrected chi connectivity index (χ0v) is 49.6. The average molecular weight is 1150 g/mol. The Kier molecular flexibility index (Phi) is 22.5. The van der Waals surface area contributed by atoms with Crippen LogP contribution < -0.4 is 27.0 Å². The molecule has 4 amide bonds. The molecule has 426 valence electrons. The lowest BCUT2D eigenvalue weighted by atomic mass is 9.74. The summed E-state index contributed by atoms with van der Waals surface area (Å²) in [5, 5.41) is 18.3. The number of nitrogen functional groups attached to an aromatic ring is 1. The second-order valence-electron chi connectivity index (χ2n) is 22.8. The van der Waals surface area contributed by atoms with Gasteiger partial charge in [-0.05, 0) is 99.6 Å². The number of carbonyl (C=O) groups is 4. The van der Waals surface area contributed by atoms with Gasteiger partial charge >= 0.3 is 0 Å². The van der Waals surface area contributed by atoms with Gasteiger partial charge in [0.1, 0.15) is 22.9 Å². The quantitative estimate of drug-likeness (QED) is 0.0391. The molecule has 0 spiro atoms. The monoisotopic (exact) mass is 1150 g/mol. The van der Waals surface area contributed by atoms with E-state index in [0.717, 1.165) is 155 Å². The number of β-amino-alcohol motifs (C(OH)–C–C–N with tert-alkyl or cyclic N) is 1. The molecule has 2 aromatic heterocycles. The molecule has 3 aliphatic rings. The first-order chi connectivity index (χ1) is 37.3. The van der Waals surface area contributed by atoms with E-state index < -0.39 is 23.6 Å². The maximum Gasteiger partial charge on any atom is 0.246 e. The number of anilines is 2. The van der Waals surface area contributed by atoms with Crippen molar-refractivity contribution in [3.63, 3.8) is 0 Å². The second kappa shape index (κ2) is 28.7. The van der Waals surface area contributed by atoms with E-state index in [2.05, 4.69) is 35.4 Å². The van der Waals surface area contributed by atoms with E-state index in [1.54, 1.807) is 23.6 Å². The number of aliphatic hydroxyl groups is 1. The summed E-state index contributed by atoms with van der Waals surface area (Å²) in [6.45, 7) is 16.4. The first-order valence-corrected chi connectivity index (χ1v) is 30.6. The maximum absolute atomic E-state index is 14.1. The summed E-state index contributed by atoms with van der Waals surface area (Å²) in [6, 6.07) is 11.5. The van der Waals surface area contributed by atoms with Crippen molar-refractivity contribution >= 4 is 81.6 Å². The molecule has 16 nitrogen and oxygen atoms in total. The highest BCUT2D eigenvalue weighted by Crippen LogP contribution is 2.40. The minimum Gasteiger partial charge on any atom is -0.391 e. The highest BCUT2D eigenvalue weighted by Gasteiger charge is 2.45. The number of halogens is 2. The largest absolute Gasteiger partial charge is 0.391 e. The number of nitrogens with two attached hydrogens (primary N) is 2. The van der Waals surface area contributed by atoms with E-state index in [-0.39, 0.29) is 48.1 Å². The van der Waals surface area contributed by atoms with Crippen LogP contribution in [0.1, 0.15) is 141 Å². The molecule has 0 bridgehead atoms. The summed E-state index contributed by atoms with van der Waals surface area (Å²) >= 11 is 15.5. The van der Waals surface area contributed by atoms with Crippen LogP contribution >= 0.6 is 46.3 Å². The third-order valence-electron chi connectivity index (χ3n) is 16.0. The molecule has 20 heteroatoms. The molecule has 0 radical (unpaired) electrons. The Morgan fingerprint density at radius 3 is 2.23 bits per heavy atom. The van der Waals surface area contributed by atoms with Crippen molar-refractivity contribution < 1.29 is 24.3 Å². The number of aliphatic hydroxyl groups excluding tert-OH is 1. The number of likely N-dealkylation sites (tertiary alicyclic amines) is 1. The molecule has 7 rings (SSSR count). The fourth-order valence-corrected chi connectivity index (χ4v) is 13.0. The van der Waals surface area contributed by atoms with Crippen molar-refractivity contribution in [1.82, 2.24) is 40.3 Å². The number of piperidine rings is 1. The number of benzene rings is 2. The predicted molar refractivity (Wildman–Crippen MR) is 315 cm³/mol. The van der Waals surface area contributed by atoms with E-state index in [0.29, 0.717) is 40.3 Å². The number of piperazine rings is 1. The van der Waals surface area contributed by atoms with Gasteiger partial charge in [0.05, 0.1) is 44.5 Å². The number of carbonyl (C=O) groups excluding carboxylic acids is 4. The summed E-state index contributed by atoms with van der Waals surface area (Å²) in [4.78, 5) is 78.0. The summed E-state index contributed by atoms with van der Waals surface area (Å²) < 4.78 is 0. The highest BCUT2D eigenvalue weighted by molar-refractivity contribution is 7.99. The molecule has 0 aliphatic carbocycles. The lowest BCUT2D eigenvalue weighted by Gasteiger charge is -2.42. The fraction of sp³-hybridized carbons (Fsp3) is 0.603. The van der Waals surface area contributed by atoms with Gasteiger partial charge in [-0.2, -0.15) is 0 Å². The smallest absolute Gasteiger partial charge is 0.246 e. The average Bonchev–Trinajstić information content (AvgIpc) is 4.08. The zero-order valence-electron chi connectivity index (χ0n) is 46.4. The number of hydrogen-bond acceptors (Lipinski definition) is 14. The minimum atomic E-state index is -0.851. The third kappa shape index (κ3) is 16.8. The molecule has 0 saturated carbocycles. The number of hydrogen-bond donors (Lipinski definition) is 5. The molecule has 7 N–H and O–H groups in total. The predicted octanol–water partition coefficient (Wildman–Crippen LogP) is 9.69. The Balaban J connectivity index is 0.717. The van der Waals surface area contributed by atoms with Gasteiger partial charge in [-0.15, -0.1) is 11.3 Å². The van der Waals surface area contributed by atoms with Crippen LogP contribution in [-0.4, -0.2) is 135 Å². The molecule has 4 unspecified atom stereocenters. The summed E-state index contributed by atoms with van der Waals surface area (Å²) in [5.41, 5.74) is 17.0. The van der Waals surface area contributed by atoms with Crippen LogP contribution in [0, 0.1) is 17.8 Å². The van der Waals surface area contributed by atoms with Gasteiger partial charge in [0.2, 0.25) is 23.6 Å². The van der Waals surface area contributed by atoms with E-state index in [1.807, 2.05) is 81.4 Å². The van der Waals surface area contributed by atoms with Crippen LogP contribution in [0.4, 0.5) is 11.6 Å². The summed E-state index contributed by atoms with van der Waals surface area (Å²) in [7, 11) is 0. The van der Waals surface area contributed by atoms with E-state index in [4.69, 9.17) is 34.7 Å². The van der Waals surface area contributed by atoms with Crippen LogP contribution in [0.5, 0.6) is 0 Å². The van der Waals surface area contributed by atoms with Crippen LogP contribution in [0.3, 0.4) is 0 Å². The van der Waals surface area contributed by atoms with Crippen molar-refractivity contribution in [2.75, 3.05) is 69.5 Å². The number of thiazole rings is 1. The Morgan fingerprint density at radius 2 is 1.56 bits per heavy atom. The summed E-state index contributed by atoms with van der Waals surface area (Å²) in [5.74, 6) is 0.516. The van der Waals surface area contributed by atoms with Crippen LogP contribution in [0.25, 0.3) is 10.4 Å². The van der Waals surface area contributed by atoms with Crippen molar-refractivity contribution in [3.05, 3.63) is 75.5 Å². The number of amides is 4. The van der Waals surface area contributed by atoms with Gasteiger partial charge in [0, 0.05) is 70.0 Å². The molecule has 5 heterocycles. The first-order valence-electron chi connectivity index (χ1n) is 28.1. The fourth-order valence-electron chi connectivity index (χ4n) is 11.0. The molecule has 3 fully saturated rings. The van der Waals surface area contributed by atoms with Gasteiger partial charge in [-0.3, -0.25) is 24.1 Å². The van der Waals surface area contributed by atoms with Crippen molar-refractivity contribution in [2.24, 2.45) is 16.6 Å². The van der Waals surface area contributed by atoms with E-state index in [1.165, 1.54) is 16.7 Å². The topological polar surface area (TPSA) is 216 Å². The lowest BCUT2D eigenvalue weighted by molar-refractivity contribution is -0.144. The molecular weight excluding hydrogens is 1070 g/mol. The highest BCUT2D eigenvalue weighted by atomic mass is 35.5. The van der Waals surface area contributed by atoms with Crippen molar-refractivity contribution in [2.45, 2.75) is 165 Å². The number of nitrogens with one attached hydrogen (secondary N) is 2. The van der Waals surface area contributed by atoms with Gasteiger partial charge < -0.3 is 41.9 Å². The second-order valence-corrected chi connectivity index (χ2v) is 25.5. The Morgan fingerprint density at radius 1 is 0.885 bits per heavy atom. The molecule has 4 aromatic rings. The molecule has 3 saturated heterocycles. The molecule has 78 heavy (non-hydrogen) atoms. The van der Waals surface area contributed by atoms with Crippen molar-refractivity contribution in [1.29, 1.82) is 0 Å². The standard InChI is InChI=1S/C58H83Cl2N11O5S2/c1-39(41-20-22-42(23-21-41)51-40(2)64-38-77-51)65-54(75)45-34-43(72)36-71(45)56(76)52(57(3,4)5)67-48(73)18-11-8-6-7-9-14-27-68-30-32-70(33-31-68)49(74)19-12-10-13-24-58(37-61)25-28-69(29-26-58)47-35-63-55(53(62)66-47)78-46-17-15-16-44(59)50(46)60/h15-17,20-23,35,38-39,43,45,52,72H,6-14,18-19,24-34,36-37,61H2,1-5H3,(H2,62,66)(H,65,75)(H,67,73). The van der Waals surface area contributed by atoms with E-state index in [9.17, 15) is 24.3 Å². The van der Waals surface area contributed by atoms with Gasteiger partial charge in [-0.25, -0.2) is 15.0 Å². The molecule has 4 atom stereocenters. The molecule has 2 aromatic carbocycles. The Hall–Kier alpha value is -4.56. The van der Waals surface area contributed by atoms with Gasteiger partial charge in [0.15, 0.2) is 5.82 Å². The molecule has 3 aliphatic heterocycles. The van der Waals surface area contributed by atoms with E-state index >= 15 is 0 Å². The number of nitrogens with zero attached hydrogens (tertiary/aromatic N) is 7. The van der Waals surface area contributed by atoms with Crippen LogP contribution in [0.2, 0.25) is 10.0 Å². The number of rotatable bonds is 25. The summed E-state index contributed by atoms with van der Waals surface area (Å²) in [6.07, 6.45) is 13.9. The lowest BCUT2D eigenvalue weighted by Crippen LogP contribution is -2.57. The van der Waals surface area contributed by atoms with Crippen molar-refractivity contribution in [3.8, 4) is 10.4 Å². The number of unbranched alkanes of at least 4 members (excludes halogenated alkanes) is 7. The Bertz CT molecular complexity index is 2620. The zero-order chi connectivity index (χ0) is 56.0. The normalized spacial score (nSPS) is 18.7. The number of aryl methyl sites for hydroxylation is 1. The maximum atomic E-state index is 14.1. The first kappa shape index (κ1) is 61.1. The van der Waals surface area contributed by atoms with Crippen LogP contribution in [-0.2, 0) is 19.2 Å². The van der Waals surface area contributed by atoms with Gasteiger partial charge in [0.25, 0.3) is 0 Å². The minimum absolute atomic E-state index is 0.0319. The molecular formula is C58H83Cl2N11O5S2. The van der Waals surface area contributed by atoms with Crippen LogP contribution in [0.15, 0.2) is 64.1 Å².